The second-order valence-corrected chi connectivity index (χ2v) is 8.16. The molecule has 0 radical (unpaired) electrons. The first kappa shape index (κ1) is 17.6. The number of hydrogen-bond acceptors (Lipinski definition) is 5. The summed E-state index contributed by atoms with van der Waals surface area (Å²) in [6.07, 6.45) is 1.75. The molecule has 1 fully saturated rings. The van der Waals surface area contributed by atoms with E-state index in [-0.39, 0.29) is 28.3 Å². The van der Waals surface area contributed by atoms with E-state index in [2.05, 4.69) is 5.32 Å². The van der Waals surface area contributed by atoms with Gasteiger partial charge < -0.3 is 10.2 Å². The monoisotopic (exact) mass is 355 g/mol. The number of anilines is 1. The number of benzene rings is 1. The average molecular weight is 356 g/mol. The van der Waals surface area contributed by atoms with E-state index in [1.807, 2.05) is 17.9 Å². The predicted molar refractivity (Wildman–Crippen MR) is 88.1 cm³/mol. The predicted octanol–water partition coefficient (Wildman–Crippen LogP) is 1.60. The molecule has 1 aliphatic rings. The van der Waals surface area contributed by atoms with Gasteiger partial charge in [0, 0.05) is 18.5 Å². The summed E-state index contributed by atoms with van der Waals surface area (Å²) >= 11 is 5.97. The normalized spacial score (nSPS) is 21.0. The van der Waals surface area contributed by atoms with Gasteiger partial charge in [-0.25, -0.2) is 8.42 Å². The van der Waals surface area contributed by atoms with Crippen LogP contribution in [0.2, 0.25) is 5.02 Å². The minimum Gasteiger partial charge on any atom is -0.359 e. The summed E-state index contributed by atoms with van der Waals surface area (Å²) < 4.78 is 23.6. The molecule has 0 bridgehead atoms. The molecule has 0 unspecified atom stereocenters. The summed E-state index contributed by atoms with van der Waals surface area (Å²) in [5.41, 5.74) is 0.635. The summed E-state index contributed by atoms with van der Waals surface area (Å²) in [5, 5.41) is 11.3. The van der Waals surface area contributed by atoms with Gasteiger partial charge in [0.2, 0.25) is 5.91 Å². The van der Waals surface area contributed by atoms with E-state index >= 15 is 0 Å². The average Bonchev–Trinajstić information content (AvgIpc) is 2.86. The maximum atomic E-state index is 12.2. The van der Waals surface area contributed by atoms with Crippen molar-refractivity contribution >= 4 is 33.0 Å². The lowest BCUT2D eigenvalue weighted by atomic mass is 10.1. The van der Waals surface area contributed by atoms with Crippen LogP contribution in [0.5, 0.6) is 0 Å². The molecule has 2 rings (SSSR count). The van der Waals surface area contributed by atoms with Crippen molar-refractivity contribution in [3.8, 4) is 6.07 Å². The van der Waals surface area contributed by atoms with Crippen molar-refractivity contribution in [3.63, 3.8) is 0 Å². The highest BCUT2D eigenvalue weighted by Gasteiger charge is 2.35. The Bertz CT molecular complexity index is 758. The van der Waals surface area contributed by atoms with E-state index in [1.165, 1.54) is 12.1 Å². The molecule has 1 aliphatic heterocycles. The molecular formula is C15H18ClN3O3S. The molecule has 1 N–H and O–H groups in total. The van der Waals surface area contributed by atoms with Gasteiger partial charge in [-0.15, -0.1) is 0 Å². The molecule has 0 spiro atoms. The fourth-order valence-corrected chi connectivity index (χ4v) is 4.07. The molecule has 1 amide bonds. The summed E-state index contributed by atoms with van der Waals surface area (Å²) in [7, 11) is -3.45. The molecule has 8 heteroatoms. The summed E-state index contributed by atoms with van der Waals surface area (Å²) in [6, 6.07) is 6.19. The quantitative estimate of drug-likeness (QED) is 0.828. The Labute approximate surface area is 141 Å². The first-order valence-electron chi connectivity index (χ1n) is 7.15. The number of hydrogen-bond donors (Lipinski definition) is 1. The molecule has 2 atom stereocenters. The SMILES string of the molecule is C[C@H]1C[C@@H](C(=O)NCC#N)N(c2ccc(Cl)c(S(C)(=O)=O)c2)C1. The summed E-state index contributed by atoms with van der Waals surface area (Å²) in [5.74, 6) is 0.0527. The minimum atomic E-state index is -3.45. The zero-order chi connectivity index (χ0) is 17.2. The van der Waals surface area contributed by atoms with E-state index in [1.54, 1.807) is 6.07 Å². The maximum Gasteiger partial charge on any atom is 0.243 e. The van der Waals surface area contributed by atoms with Crippen LogP contribution in [0.4, 0.5) is 5.69 Å². The maximum absolute atomic E-state index is 12.2. The topological polar surface area (TPSA) is 90.3 Å². The number of nitrogens with one attached hydrogen (secondary N) is 1. The van der Waals surface area contributed by atoms with Crippen LogP contribution in [0, 0.1) is 17.2 Å². The Hall–Kier alpha value is -1.78. The zero-order valence-electron chi connectivity index (χ0n) is 12.9. The first-order valence-corrected chi connectivity index (χ1v) is 9.42. The van der Waals surface area contributed by atoms with Crippen molar-refractivity contribution in [2.45, 2.75) is 24.3 Å². The first-order chi connectivity index (χ1) is 10.7. The zero-order valence-corrected chi connectivity index (χ0v) is 14.5. The summed E-state index contributed by atoms with van der Waals surface area (Å²) in [6.45, 7) is 2.61. The molecular weight excluding hydrogens is 338 g/mol. The molecule has 0 saturated carbocycles. The number of carbonyl (C=O) groups is 1. The van der Waals surface area contributed by atoms with E-state index in [9.17, 15) is 13.2 Å². The Morgan fingerprint density at radius 3 is 2.83 bits per heavy atom. The molecule has 1 heterocycles. The third kappa shape index (κ3) is 3.95. The van der Waals surface area contributed by atoms with Crippen LogP contribution in [-0.2, 0) is 14.6 Å². The van der Waals surface area contributed by atoms with Crippen molar-refractivity contribution < 1.29 is 13.2 Å². The number of nitrogens with zero attached hydrogens (tertiary/aromatic N) is 2. The smallest absolute Gasteiger partial charge is 0.243 e. The highest BCUT2D eigenvalue weighted by molar-refractivity contribution is 7.90. The molecule has 124 valence electrons. The van der Waals surface area contributed by atoms with Crippen LogP contribution in [0.25, 0.3) is 0 Å². The van der Waals surface area contributed by atoms with Crippen LogP contribution >= 0.6 is 11.6 Å². The van der Waals surface area contributed by atoms with Crippen molar-refractivity contribution in [1.29, 1.82) is 5.26 Å². The van der Waals surface area contributed by atoms with Gasteiger partial charge in [-0.3, -0.25) is 4.79 Å². The van der Waals surface area contributed by atoms with Gasteiger partial charge in [-0.05, 0) is 30.5 Å². The number of sulfone groups is 1. The van der Waals surface area contributed by atoms with Gasteiger partial charge in [0.1, 0.15) is 12.6 Å². The highest BCUT2D eigenvalue weighted by atomic mass is 35.5. The van der Waals surface area contributed by atoms with Gasteiger partial charge >= 0.3 is 0 Å². The van der Waals surface area contributed by atoms with Crippen LogP contribution in [0.15, 0.2) is 23.1 Å². The van der Waals surface area contributed by atoms with Crippen molar-refractivity contribution in [2.24, 2.45) is 5.92 Å². The molecule has 1 aromatic rings. The Morgan fingerprint density at radius 1 is 1.52 bits per heavy atom. The van der Waals surface area contributed by atoms with Gasteiger partial charge in [0.15, 0.2) is 9.84 Å². The molecule has 1 aromatic carbocycles. The molecule has 0 aliphatic carbocycles. The standard InChI is InChI=1S/C15H18ClN3O3S/c1-10-7-13(15(20)18-6-5-17)19(9-10)11-3-4-12(16)14(8-11)23(2,21)22/h3-4,8,10,13H,6-7,9H2,1-2H3,(H,18,20)/t10-,13-/m0/s1. The van der Waals surface area contributed by atoms with Crippen molar-refractivity contribution in [2.75, 3.05) is 24.2 Å². The minimum absolute atomic E-state index is 0.0485. The number of carbonyl (C=O) groups excluding carboxylic acids is 1. The summed E-state index contributed by atoms with van der Waals surface area (Å²) in [4.78, 5) is 14.1. The molecule has 23 heavy (non-hydrogen) atoms. The Kier molecular flexibility index (Phi) is 5.17. The number of halogens is 1. The lowest BCUT2D eigenvalue weighted by Gasteiger charge is -2.26. The number of rotatable bonds is 4. The van der Waals surface area contributed by atoms with Gasteiger partial charge in [0.05, 0.1) is 16.0 Å². The van der Waals surface area contributed by atoms with Crippen LogP contribution in [0.3, 0.4) is 0 Å². The third-order valence-corrected chi connectivity index (χ3v) is 5.38. The van der Waals surface area contributed by atoms with E-state index < -0.39 is 15.9 Å². The number of nitriles is 1. The fourth-order valence-electron chi connectivity index (χ4n) is 2.78. The molecule has 6 nitrogen and oxygen atoms in total. The van der Waals surface area contributed by atoms with Crippen LogP contribution in [-0.4, -0.2) is 39.7 Å². The Morgan fingerprint density at radius 2 is 2.22 bits per heavy atom. The van der Waals surface area contributed by atoms with E-state index in [0.29, 0.717) is 18.7 Å². The molecule has 1 saturated heterocycles. The Balaban J connectivity index is 2.36. The largest absolute Gasteiger partial charge is 0.359 e. The molecule has 0 aromatic heterocycles. The van der Waals surface area contributed by atoms with Gasteiger partial charge in [-0.1, -0.05) is 18.5 Å². The van der Waals surface area contributed by atoms with Gasteiger partial charge in [-0.2, -0.15) is 5.26 Å². The lowest BCUT2D eigenvalue weighted by molar-refractivity contribution is -0.122. The van der Waals surface area contributed by atoms with Crippen molar-refractivity contribution in [3.05, 3.63) is 23.2 Å². The van der Waals surface area contributed by atoms with E-state index in [0.717, 1.165) is 6.26 Å². The van der Waals surface area contributed by atoms with Crippen molar-refractivity contribution in [1.82, 2.24) is 5.32 Å². The second kappa shape index (κ2) is 6.77. The van der Waals surface area contributed by atoms with Gasteiger partial charge in [0.25, 0.3) is 0 Å². The number of amides is 1. The van der Waals surface area contributed by atoms with Crippen LogP contribution < -0.4 is 10.2 Å². The van der Waals surface area contributed by atoms with Crippen LogP contribution in [0.1, 0.15) is 13.3 Å². The lowest BCUT2D eigenvalue weighted by Crippen LogP contribution is -2.43. The second-order valence-electron chi connectivity index (χ2n) is 5.77. The van der Waals surface area contributed by atoms with E-state index in [4.69, 9.17) is 16.9 Å². The third-order valence-electron chi connectivity index (χ3n) is 3.80. The fraction of sp³-hybridized carbons (Fsp3) is 0.467. The highest BCUT2D eigenvalue weighted by Crippen LogP contribution is 2.33.